The Morgan fingerprint density at radius 3 is 2.84 bits per heavy atom. The van der Waals surface area contributed by atoms with Crippen LogP contribution in [0.1, 0.15) is 29.6 Å². The van der Waals surface area contributed by atoms with Crippen molar-refractivity contribution in [3.8, 4) is 0 Å². The molecule has 5 nitrogen and oxygen atoms in total. The molecule has 1 aromatic carbocycles. The monoisotopic (exact) mass is 262 g/mol. The molecule has 2 rings (SSSR count). The van der Waals surface area contributed by atoms with Gasteiger partial charge < -0.3 is 15.4 Å². The molecule has 1 aliphatic carbocycles. The Morgan fingerprint density at radius 1 is 1.37 bits per heavy atom. The van der Waals surface area contributed by atoms with Crippen molar-refractivity contribution in [3.63, 3.8) is 0 Å². The van der Waals surface area contributed by atoms with E-state index in [1.54, 1.807) is 18.2 Å². The lowest BCUT2D eigenvalue weighted by atomic mass is 10.2. The second-order valence-electron chi connectivity index (χ2n) is 4.59. The molecule has 19 heavy (non-hydrogen) atoms. The van der Waals surface area contributed by atoms with Gasteiger partial charge in [-0.1, -0.05) is 6.07 Å². The van der Waals surface area contributed by atoms with Crippen LogP contribution >= 0.6 is 0 Å². The zero-order valence-electron chi connectivity index (χ0n) is 10.9. The molecule has 1 amide bonds. The van der Waals surface area contributed by atoms with Gasteiger partial charge in [-0.25, -0.2) is 4.79 Å². The molecule has 1 aromatic rings. The molecule has 1 aliphatic rings. The van der Waals surface area contributed by atoms with Gasteiger partial charge in [0, 0.05) is 24.7 Å². The Morgan fingerprint density at radius 2 is 2.16 bits per heavy atom. The molecule has 0 spiro atoms. The second-order valence-corrected chi connectivity index (χ2v) is 4.59. The van der Waals surface area contributed by atoms with Gasteiger partial charge in [-0.15, -0.1) is 0 Å². The molecule has 0 bridgehead atoms. The maximum Gasteiger partial charge on any atom is 0.337 e. The van der Waals surface area contributed by atoms with Gasteiger partial charge in [0.15, 0.2) is 0 Å². The number of carbonyl (C=O) groups is 2. The topological polar surface area (TPSA) is 67.4 Å². The van der Waals surface area contributed by atoms with E-state index in [0.717, 1.165) is 18.5 Å². The molecule has 0 aromatic heterocycles. The third-order valence-corrected chi connectivity index (χ3v) is 2.91. The zero-order valence-corrected chi connectivity index (χ0v) is 10.9. The number of nitrogens with one attached hydrogen (secondary N) is 2. The Kier molecular flexibility index (Phi) is 4.39. The minimum Gasteiger partial charge on any atom is -0.465 e. The Bertz CT molecular complexity index is 470. The lowest BCUT2D eigenvalue weighted by Gasteiger charge is -2.08. The average Bonchev–Trinajstić information content (AvgIpc) is 3.22. The number of hydrogen-bond acceptors (Lipinski definition) is 4. The van der Waals surface area contributed by atoms with Crippen molar-refractivity contribution in [2.24, 2.45) is 0 Å². The van der Waals surface area contributed by atoms with Gasteiger partial charge in [0.25, 0.3) is 0 Å². The summed E-state index contributed by atoms with van der Waals surface area (Å²) in [6.45, 7) is 0.545. The standard InChI is InChI=1S/C14H18N2O3/c1-19-14(18)10-3-2-4-12(9-10)15-8-7-13(17)16-11-5-6-11/h2-4,9,11,15H,5-8H2,1H3,(H,16,17). The highest BCUT2D eigenvalue weighted by atomic mass is 16.5. The molecule has 5 heteroatoms. The molecular formula is C14H18N2O3. The van der Waals surface area contributed by atoms with E-state index >= 15 is 0 Å². The number of carbonyl (C=O) groups excluding carboxylic acids is 2. The van der Waals surface area contributed by atoms with E-state index in [0.29, 0.717) is 24.6 Å². The fourth-order valence-corrected chi connectivity index (χ4v) is 1.72. The van der Waals surface area contributed by atoms with E-state index in [2.05, 4.69) is 15.4 Å². The Hall–Kier alpha value is -2.04. The normalized spacial score (nSPS) is 13.7. The van der Waals surface area contributed by atoms with Crippen molar-refractivity contribution < 1.29 is 14.3 Å². The van der Waals surface area contributed by atoms with E-state index in [1.807, 2.05) is 6.07 Å². The van der Waals surface area contributed by atoms with E-state index in [1.165, 1.54) is 7.11 Å². The third kappa shape index (κ3) is 4.28. The zero-order chi connectivity index (χ0) is 13.7. The highest BCUT2D eigenvalue weighted by molar-refractivity contribution is 5.90. The second kappa shape index (κ2) is 6.22. The van der Waals surface area contributed by atoms with Crippen LogP contribution in [0.4, 0.5) is 5.69 Å². The highest BCUT2D eigenvalue weighted by Crippen LogP contribution is 2.18. The van der Waals surface area contributed by atoms with E-state index in [4.69, 9.17) is 0 Å². The number of ether oxygens (including phenoxy) is 1. The molecular weight excluding hydrogens is 244 g/mol. The summed E-state index contributed by atoms with van der Waals surface area (Å²) in [5, 5.41) is 6.05. The summed E-state index contributed by atoms with van der Waals surface area (Å²) < 4.78 is 4.65. The molecule has 0 heterocycles. The number of hydrogen-bond donors (Lipinski definition) is 2. The maximum atomic E-state index is 11.5. The molecule has 0 aliphatic heterocycles. The molecule has 0 radical (unpaired) electrons. The Balaban J connectivity index is 1.78. The number of anilines is 1. The maximum absolute atomic E-state index is 11.5. The lowest BCUT2D eigenvalue weighted by Crippen LogP contribution is -2.27. The first-order valence-corrected chi connectivity index (χ1v) is 6.40. The van der Waals surface area contributed by atoms with Crippen LogP contribution in [0.25, 0.3) is 0 Å². The number of esters is 1. The van der Waals surface area contributed by atoms with Gasteiger partial charge in [-0.3, -0.25) is 4.79 Å². The largest absolute Gasteiger partial charge is 0.465 e. The number of benzene rings is 1. The van der Waals surface area contributed by atoms with Crippen LogP contribution in [0.3, 0.4) is 0 Å². The molecule has 2 N–H and O–H groups in total. The van der Waals surface area contributed by atoms with E-state index in [-0.39, 0.29) is 11.9 Å². The first-order chi connectivity index (χ1) is 9.19. The SMILES string of the molecule is COC(=O)c1cccc(NCCC(=O)NC2CC2)c1. The van der Waals surface area contributed by atoms with Crippen LogP contribution < -0.4 is 10.6 Å². The van der Waals surface area contributed by atoms with Crippen LogP contribution in [0, 0.1) is 0 Å². The predicted molar refractivity (Wildman–Crippen MR) is 72.1 cm³/mol. The molecule has 0 unspecified atom stereocenters. The van der Waals surface area contributed by atoms with Gasteiger partial charge in [0.2, 0.25) is 5.91 Å². The van der Waals surface area contributed by atoms with Gasteiger partial charge in [0.1, 0.15) is 0 Å². The molecule has 0 saturated heterocycles. The minimum atomic E-state index is -0.366. The summed E-state index contributed by atoms with van der Waals surface area (Å²) in [7, 11) is 1.35. The van der Waals surface area contributed by atoms with Gasteiger partial charge in [0.05, 0.1) is 12.7 Å². The predicted octanol–water partition coefficient (Wildman–Crippen LogP) is 1.55. The molecule has 0 atom stereocenters. The molecule has 102 valence electrons. The van der Waals surface area contributed by atoms with Crippen molar-refractivity contribution in [1.29, 1.82) is 0 Å². The quantitative estimate of drug-likeness (QED) is 0.763. The average molecular weight is 262 g/mol. The summed E-state index contributed by atoms with van der Waals surface area (Å²) in [5.74, 6) is -0.297. The fraction of sp³-hybridized carbons (Fsp3) is 0.429. The van der Waals surface area contributed by atoms with Crippen molar-refractivity contribution in [2.45, 2.75) is 25.3 Å². The summed E-state index contributed by atoms with van der Waals surface area (Å²) in [5.41, 5.74) is 1.30. The fourth-order valence-electron chi connectivity index (χ4n) is 1.72. The van der Waals surface area contributed by atoms with Crippen LogP contribution in [0.15, 0.2) is 24.3 Å². The highest BCUT2D eigenvalue weighted by Gasteiger charge is 2.22. The van der Waals surface area contributed by atoms with Crippen LogP contribution in [-0.2, 0) is 9.53 Å². The summed E-state index contributed by atoms with van der Waals surface area (Å²) >= 11 is 0. The summed E-state index contributed by atoms with van der Waals surface area (Å²) in [6.07, 6.45) is 2.62. The number of amides is 1. The van der Waals surface area contributed by atoms with Gasteiger partial charge in [-0.2, -0.15) is 0 Å². The van der Waals surface area contributed by atoms with Crippen molar-refractivity contribution in [3.05, 3.63) is 29.8 Å². The van der Waals surface area contributed by atoms with Crippen molar-refractivity contribution in [2.75, 3.05) is 19.0 Å². The van der Waals surface area contributed by atoms with E-state index in [9.17, 15) is 9.59 Å². The molecule has 1 fully saturated rings. The minimum absolute atomic E-state index is 0.0686. The number of rotatable bonds is 6. The van der Waals surface area contributed by atoms with Gasteiger partial charge >= 0.3 is 5.97 Å². The third-order valence-electron chi connectivity index (χ3n) is 2.91. The molecule has 1 saturated carbocycles. The lowest BCUT2D eigenvalue weighted by molar-refractivity contribution is -0.120. The first-order valence-electron chi connectivity index (χ1n) is 6.40. The van der Waals surface area contributed by atoms with Crippen LogP contribution in [0.2, 0.25) is 0 Å². The van der Waals surface area contributed by atoms with Gasteiger partial charge in [-0.05, 0) is 31.0 Å². The smallest absolute Gasteiger partial charge is 0.337 e. The summed E-state index contributed by atoms with van der Waals surface area (Å²) in [6, 6.07) is 7.43. The van der Waals surface area contributed by atoms with Crippen LogP contribution in [-0.4, -0.2) is 31.6 Å². The summed E-state index contributed by atoms with van der Waals surface area (Å²) in [4.78, 5) is 22.8. The van der Waals surface area contributed by atoms with E-state index < -0.39 is 0 Å². The number of methoxy groups -OCH3 is 1. The first kappa shape index (κ1) is 13.4. The van der Waals surface area contributed by atoms with Crippen molar-refractivity contribution in [1.82, 2.24) is 5.32 Å². The Labute approximate surface area is 112 Å². The van der Waals surface area contributed by atoms with Crippen molar-refractivity contribution >= 4 is 17.6 Å². The van der Waals surface area contributed by atoms with Crippen LogP contribution in [0.5, 0.6) is 0 Å².